The molecule has 6 heteroatoms. The van der Waals surface area contributed by atoms with E-state index >= 15 is 0 Å². The molecule has 1 atom stereocenters. The third-order valence-electron chi connectivity index (χ3n) is 3.07. The maximum atomic E-state index is 12.9. The van der Waals surface area contributed by atoms with E-state index in [1.54, 1.807) is 25.4 Å². The largest absolute Gasteiger partial charge is 0.441 e. The lowest BCUT2D eigenvalue weighted by molar-refractivity contribution is -0.122. The molecule has 22 heavy (non-hydrogen) atoms. The highest BCUT2D eigenvalue weighted by atomic mass is 19.1. The predicted molar refractivity (Wildman–Crippen MR) is 79.7 cm³/mol. The van der Waals surface area contributed by atoms with Crippen molar-refractivity contribution in [2.24, 2.45) is 0 Å². The zero-order valence-corrected chi connectivity index (χ0v) is 12.6. The lowest BCUT2D eigenvalue weighted by atomic mass is 10.2. The molecule has 0 aliphatic heterocycles. The standard InChI is InChI=1S/C16H19FN2O3/c1-11(10-21-2)19-15(20)7-8-16-18-9-14(22-16)12-3-5-13(17)6-4-12/h3-6,9,11H,7-8,10H2,1-2H3,(H,19,20)/t11-/m0/s1. The highest BCUT2D eigenvalue weighted by Gasteiger charge is 2.11. The number of rotatable bonds is 7. The van der Waals surface area contributed by atoms with Gasteiger partial charge in [-0.25, -0.2) is 9.37 Å². The Bertz CT molecular complexity index is 610. The summed E-state index contributed by atoms with van der Waals surface area (Å²) >= 11 is 0. The fourth-order valence-corrected chi connectivity index (χ4v) is 2.03. The van der Waals surface area contributed by atoms with Crippen molar-refractivity contribution < 1.29 is 18.3 Å². The number of hydrogen-bond donors (Lipinski definition) is 1. The van der Waals surface area contributed by atoms with Gasteiger partial charge in [-0.3, -0.25) is 4.79 Å². The van der Waals surface area contributed by atoms with E-state index < -0.39 is 0 Å². The fourth-order valence-electron chi connectivity index (χ4n) is 2.03. The molecular weight excluding hydrogens is 287 g/mol. The Balaban J connectivity index is 1.87. The van der Waals surface area contributed by atoms with Crippen LogP contribution in [-0.2, 0) is 16.0 Å². The van der Waals surface area contributed by atoms with Crippen LogP contribution in [0.5, 0.6) is 0 Å². The molecule has 2 aromatic rings. The van der Waals surface area contributed by atoms with Crippen molar-refractivity contribution in [1.82, 2.24) is 10.3 Å². The molecule has 0 bridgehead atoms. The van der Waals surface area contributed by atoms with Gasteiger partial charge in [0.15, 0.2) is 11.7 Å². The minimum atomic E-state index is -0.301. The van der Waals surface area contributed by atoms with Crippen molar-refractivity contribution >= 4 is 5.91 Å². The molecule has 1 heterocycles. The number of halogens is 1. The van der Waals surface area contributed by atoms with Crippen molar-refractivity contribution in [2.75, 3.05) is 13.7 Å². The van der Waals surface area contributed by atoms with Gasteiger partial charge in [0, 0.05) is 31.6 Å². The van der Waals surface area contributed by atoms with Crippen LogP contribution in [0.25, 0.3) is 11.3 Å². The Morgan fingerprint density at radius 1 is 1.41 bits per heavy atom. The maximum Gasteiger partial charge on any atom is 0.220 e. The van der Waals surface area contributed by atoms with Gasteiger partial charge in [0.2, 0.25) is 5.91 Å². The zero-order chi connectivity index (χ0) is 15.9. The van der Waals surface area contributed by atoms with Crippen molar-refractivity contribution in [1.29, 1.82) is 0 Å². The number of carbonyl (C=O) groups excluding carboxylic acids is 1. The van der Waals surface area contributed by atoms with Crippen molar-refractivity contribution in [3.05, 3.63) is 42.2 Å². The molecule has 1 aromatic heterocycles. The van der Waals surface area contributed by atoms with Gasteiger partial charge in [-0.05, 0) is 31.2 Å². The summed E-state index contributed by atoms with van der Waals surface area (Å²) in [6.45, 7) is 2.35. The molecule has 0 radical (unpaired) electrons. The molecule has 0 spiro atoms. The first-order valence-electron chi connectivity index (χ1n) is 7.07. The summed E-state index contributed by atoms with van der Waals surface area (Å²) in [4.78, 5) is 15.9. The summed E-state index contributed by atoms with van der Waals surface area (Å²) in [6.07, 6.45) is 2.28. The molecular formula is C16H19FN2O3. The van der Waals surface area contributed by atoms with Crippen molar-refractivity contribution in [2.45, 2.75) is 25.8 Å². The van der Waals surface area contributed by atoms with Gasteiger partial charge < -0.3 is 14.5 Å². The number of nitrogens with zero attached hydrogens (tertiary/aromatic N) is 1. The van der Waals surface area contributed by atoms with Crippen LogP contribution in [0.15, 0.2) is 34.9 Å². The van der Waals surface area contributed by atoms with Crippen LogP contribution < -0.4 is 5.32 Å². The van der Waals surface area contributed by atoms with Gasteiger partial charge in [0.25, 0.3) is 0 Å². The molecule has 0 saturated heterocycles. The number of benzene rings is 1. The van der Waals surface area contributed by atoms with Crippen molar-refractivity contribution in [3.8, 4) is 11.3 Å². The van der Waals surface area contributed by atoms with Crippen LogP contribution in [0.4, 0.5) is 4.39 Å². The molecule has 1 amide bonds. The number of aromatic nitrogens is 1. The summed E-state index contributed by atoms with van der Waals surface area (Å²) in [7, 11) is 1.59. The van der Waals surface area contributed by atoms with E-state index in [-0.39, 0.29) is 24.2 Å². The lowest BCUT2D eigenvalue weighted by Crippen LogP contribution is -2.35. The molecule has 0 fully saturated rings. The summed E-state index contributed by atoms with van der Waals surface area (Å²) in [5, 5.41) is 2.82. The van der Waals surface area contributed by atoms with E-state index in [0.717, 1.165) is 5.56 Å². The van der Waals surface area contributed by atoms with Crippen LogP contribution in [0.2, 0.25) is 0 Å². The van der Waals surface area contributed by atoms with E-state index in [1.165, 1.54) is 12.1 Å². The second-order valence-electron chi connectivity index (χ2n) is 5.05. The molecule has 0 unspecified atom stereocenters. The number of nitrogens with one attached hydrogen (secondary N) is 1. The number of hydrogen-bond acceptors (Lipinski definition) is 4. The minimum absolute atomic E-state index is 0.0307. The maximum absolute atomic E-state index is 12.9. The predicted octanol–water partition coefficient (Wildman–Crippen LogP) is 2.56. The summed E-state index contributed by atoms with van der Waals surface area (Å²) in [6, 6.07) is 5.94. The zero-order valence-electron chi connectivity index (χ0n) is 12.6. The minimum Gasteiger partial charge on any atom is -0.441 e. The molecule has 0 aliphatic rings. The van der Waals surface area contributed by atoms with Gasteiger partial charge in [-0.1, -0.05) is 0 Å². The molecule has 0 saturated carbocycles. The Morgan fingerprint density at radius 2 is 2.14 bits per heavy atom. The highest BCUT2D eigenvalue weighted by Crippen LogP contribution is 2.21. The summed E-state index contributed by atoms with van der Waals surface area (Å²) in [5.41, 5.74) is 0.748. The van der Waals surface area contributed by atoms with Gasteiger partial charge in [0.05, 0.1) is 12.8 Å². The van der Waals surface area contributed by atoms with E-state index in [1.807, 2.05) is 6.92 Å². The van der Waals surface area contributed by atoms with Gasteiger partial charge in [0.1, 0.15) is 5.82 Å². The molecule has 1 N–H and O–H groups in total. The summed E-state index contributed by atoms with van der Waals surface area (Å²) in [5.74, 6) is 0.661. The average molecular weight is 306 g/mol. The van der Waals surface area contributed by atoms with E-state index in [9.17, 15) is 9.18 Å². The van der Waals surface area contributed by atoms with Crippen molar-refractivity contribution in [3.63, 3.8) is 0 Å². The van der Waals surface area contributed by atoms with Gasteiger partial charge in [-0.15, -0.1) is 0 Å². The number of oxazole rings is 1. The second-order valence-corrected chi connectivity index (χ2v) is 5.05. The second kappa shape index (κ2) is 7.70. The SMILES string of the molecule is COC[C@H](C)NC(=O)CCc1ncc(-c2ccc(F)cc2)o1. The Labute approximate surface area is 128 Å². The van der Waals surface area contributed by atoms with E-state index in [4.69, 9.17) is 9.15 Å². The van der Waals surface area contributed by atoms with Crippen LogP contribution >= 0.6 is 0 Å². The molecule has 5 nitrogen and oxygen atoms in total. The lowest BCUT2D eigenvalue weighted by Gasteiger charge is -2.11. The monoisotopic (exact) mass is 306 g/mol. The Morgan fingerprint density at radius 3 is 2.82 bits per heavy atom. The molecule has 1 aromatic carbocycles. The first-order chi connectivity index (χ1) is 10.6. The number of amides is 1. The topological polar surface area (TPSA) is 64.4 Å². The first kappa shape index (κ1) is 16.2. The number of methoxy groups -OCH3 is 1. The molecule has 0 aliphatic carbocycles. The first-order valence-corrected chi connectivity index (χ1v) is 7.07. The van der Waals surface area contributed by atoms with Gasteiger partial charge in [-0.2, -0.15) is 0 Å². The Hall–Kier alpha value is -2.21. The highest BCUT2D eigenvalue weighted by molar-refractivity contribution is 5.76. The molecule has 118 valence electrons. The Kier molecular flexibility index (Phi) is 5.66. The quantitative estimate of drug-likeness (QED) is 0.854. The van der Waals surface area contributed by atoms with Gasteiger partial charge >= 0.3 is 0 Å². The van der Waals surface area contributed by atoms with Crippen LogP contribution in [0, 0.1) is 5.82 Å². The smallest absolute Gasteiger partial charge is 0.220 e. The van der Waals surface area contributed by atoms with Crippen LogP contribution in [0.3, 0.4) is 0 Å². The number of carbonyl (C=O) groups is 1. The van der Waals surface area contributed by atoms with Crippen LogP contribution in [0.1, 0.15) is 19.2 Å². The third kappa shape index (κ3) is 4.66. The number of aryl methyl sites for hydroxylation is 1. The van der Waals surface area contributed by atoms with Crippen LogP contribution in [-0.4, -0.2) is 30.6 Å². The fraction of sp³-hybridized carbons (Fsp3) is 0.375. The average Bonchev–Trinajstić information content (AvgIpc) is 2.95. The van der Waals surface area contributed by atoms with E-state index in [0.29, 0.717) is 24.7 Å². The third-order valence-corrected chi connectivity index (χ3v) is 3.07. The number of ether oxygens (including phenoxy) is 1. The summed E-state index contributed by atoms with van der Waals surface area (Å²) < 4.78 is 23.4. The van der Waals surface area contributed by atoms with E-state index in [2.05, 4.69) is 10.3 Å². The molecule has 2 rings (SSSR count). The normalized spacial score (nSPS) is 12.1.